The molecule has 0 saturated carbocycles. The molecule has 0 radical (unpaired) electrons. The molecule has 0 aromatic carbocycles. The molecule has 0 aliphatic heterocycles. The Morgan fingerprint density at radius 3 is 2.42 bits per heavy atom. The van der Waals surface area contributed by atoms with Gasteiger partial charge in [-0.05, 0) is 52.2 Å². The normalized spacial score (nSPS) is 12.9. The van der Waals surface area contributed by atoms with Crippen molar-refractivity contribution >= 4 is 23.8 Å². The molecule has 2 atom stereocenters. The summed E-state index contributed by atoms with van der Waals surface area (Å²) in [5.74, 6) is -3.12. The summed E-state index contributed by atoms with van der Waals surface area (Å²) in [5.41, 5.74) is 1.73. The Kier molecular flexibility index (Phi) is 9.96. The molecule has 2 rings (SSSR count). The van der Waals surface area contributed by atoms with Crippen LogP contribution in [0.1, 0.15) is 62.3 Å². The van der Waals surface area contributed by atoms with Crippen molar-refractivity contribution in [3.05, 3.63) is 41.5 Å². The van der Waals surface area contributed by atoms with E-state index in [1.165, 1.54) is 0 Å². The number of hydrogen-bond donors (Lipinski definition) is 2. The van der Waals surface area contributed by atoms with Crippen molar-refractivity contribution in [3.63, 3.8) is 0 Å². The Bertz CT molecular complexity index is 1100. The van der Waals surface area contributed by atoms with E-state index in [2.05, 4.69) is 15.4 Å². The molecule has 11 nitrogen and oxygen atoms in total. The lowest BCUT2D eigenvalue weighted by Crippen LogP contribution is -2.54. The molecule has 0 aliphatic rings. The third kappa shape index (κ3) is 7.37. The van der Waals surface area contributed by atoms with E-state index < -0.39 is 41.8 Å². The van der Waals surface area contributed by atoms with E-state index in [1.807, 2.05) is 0 Å². The molecule has 2 heterocycles. The largest absolute Gasteiger partial charge is 0.466 e. The summed E-state index contributed by atoms with van der Waals surface area (Å²) >= 11 is 0. The molecule has 2 aromatic heterocycles. The van der Waals surface area contributed by atoms with Crippen molar-refractivity contribution in [1.29, 1.82) is 0 Å². The zero-order valence-electron chi connectivity index (χ0n) is 22.6. The zero-order valence-corrected chi connectivity index (χ0v) is 21.6. The molecule has 0 aliphatic carbocycles. The van der Waals surface area contributed by atoms with Gasteiger partial charge in [0.1, 0.15) is 12.1 Å². The van der Waals surface area contributed by atoms with Crippen LogP contribution in [0.5, 0.6) is 0 Å². The highest BCUT2D eigenvalue weighted by Crippen LogP contribution is 2.18. The van der Waals surface area contributed by atoms with Crippen LogP contribution in [0.4, 0.5) is 0 Å². The molecular weight excluding hydrogens is 466 g/mol. The van der Waals surface area contributed by atoms with Crippen molar-refractivity contribution in [1.82, 2.24) is 25.4 Å². The summed E-state index contributed by atoms with van der Waals surface area (Å²) in [6.07, 6.45) is 3.06. The molecule has 0 unspecified atom stereocenters. The number of ether oxygens (including phenoxy) is 2. The van der Waals surface area contributed by atoms with Gasteiger partial charge in [-0.15, -0.1) is 0 Å². The lowest BCUT2D eigenvalue weighted by Gasteiger charge is -2.25. The molecule has 2 aromatic rings. The van der Waals surface area contributed by atoms with Crippen molar-refractivity contribution in [2.24, 2.45) is 5.92 Å². The predicted molar refractivity (Wildman–Crippen MR) is 131 cm³/mol. The lowest BCUT2D eigenvalue weighted by atomic mass is 10.0. The molecule has 0 saturated heterocycles. The molecule has 0 spiro atoms. The van der Waals surface area contributed by atoms with Crippen LogP contribution in [0.25, 0.3) is 5.69 Å². The molecule has 36 heavy (non-hydrogen) atoms. The van der Waals surface area contributed by atoms with Gasteiger partial charge in [0.25, 0.3) is 5.91 Å². The topological polar surface area (TPSA) is 142 Å². The number of esters is 2. The lowest BCUT2D eigenvalue weighted by molar-refractivity contribution is -0.149. The summed E-state index contributed by atoms with van der Waals surface area (Å²) in [5, 5.41) is 7.59. The van der Waals surface area contributed by atoms with Crippen LogP contribution in [0.15, 0.2) is 24.5 Å². The first-order valence-corrected chi connectivity index (χ1v) is 11.9. The summed E-state index contributed by atoms with van der Waals surface area (Å²) in [6.45, 7) is 10.3. The predicted octanol–water partition coefficient (Wildman–Crippen LogP) is 2.03. The second-order valence-corrected chi connectivity index (χ2v) is 8.45. The van der Waals surface area contributed by atoms with Gasteiger partial charge in [-0.3, -0.25) is 19.4 Å². The van der Waals surface area contributed by atoms with E-state index in [0.29, 0.717) is 22.4 Å². The minimum atomic E-state index is -1.23. The van der Waals surface area contributed by atoms with Gasteiger partial charge >= 0.3 is 11.9 Å². The van der Waals surface area contributed by atoms with Crippen molar-refractivity contribution in [2.45, 2.75) is 66.5 Å². The Morgan fingerprint density at radius 1 is 1.14 bits per heavy atom. The Hall–Kier alpha value is -3.76. The van der Waals surface area contributed by atoms with Gasteiger partial charge in [-0.25, -0.2) is 9.48 Å². The molecule has 0 bridgehead atoms. The maximum Gasteiger partial charge on any atom is 0.328 e. The highest BCUT2D eigenvalue weighted by molar-refractivity contribution is 6.00. The average molecular weight is 503 g/mol. The standard InChI is InChI=1S/C25H35N5O6/c1-7-35-20(31)12-11-19(25(34)36-8-2)27-24(33)22(15(3)4)28-23(32)21-16(5)29-30(17(21)6)18-10-9-13-26-14-18/h9-10,13-15,19,22H,7-8,11-12H2,1-6H3,(H,27,33)(H,28,32)/t19-,22-/m0/s1/i/hD. The third-order valence-corrected chi connectivity index (χ3v) is 5.38. The van der Waals surface area contributed by atoms with Crippen molar-refractivity contribution < 1.29 is 30.1 Å². The van der Waals surface area contributed by atoms with Gasteiger partial charge in [0.2, 0.25) is 5.91 Å². The van der Waals surface area contributed by atoms with Gasteiger partial charge in [-0.2, -0.15) is 5.10 Å². The first kappa shape index (κ1) is 26.8. The quantitative estimate of drug-likeness (QED) is 0.420. The summed E-state index contributed by atoms with van der Waals surface area (Å²) < 4.78 is 20.1. The molecule has 0 fully saturated rings. The highest BCUT2D eigenvalue weighted by Gasteiger charge is 2.31. The number of aryl methyl sites for hydroxylation is 1. The zero-order chi connectivity index (χ0) is 27.7. The van der Waals surface area contributed by atoms with E-state index in [1.54, 1.807) is 70.8 Å². The smallest absolute Gasteiger partial charge is 0.328 e. The monoisotopic (exact) mass is 502 g/mol. The van der Waals surface area contributed by atoms with E-state index in [0.717, 1.165) is 0 Å². The maximum absolute atomic E-state index is 13.4. The average Bonchev–Trinajstić information content (AvgIpc) is 3.15. The van der Waals surface area contributed by atoms with Crippen LogP contribution in [0.3, 0.4) is 0 Å². The van der Waals surface area contributed by atoms with Crippen molar-refractivity contribution in [2.75, 3.05) is 13.2 Å². The van der Waals surface area contributed by atoms with Gasteiger partial charge in [0.15, 0.2) is 1.41 Å². The fourth-order valence-electron chi connectivity index (χ4n) is 3.63. The van der Waals surface area contributed by atoms with Gasteiger partial charge in [-0.1, -0.05) is 13.8 Å². The third-order valence-electron chi connectivity index (χ3n) is 5.38. The maximum atomic E-state index is 13.4. The van der Waals surface area contributed by atoms with E-state index in [-0.39, 0.29) is 31.6 Å². The van der Waals surface area contributed by atoms with E-state index in [4.69, 9.17) is 10.9 Å². The number of pyridine rings is 1. The van der Waals surface area contributed by atoms with Gasteiger partial charge in [0, 0.05) is 12.6 Å². The fraction of sp³-hybridized carbons (Fsp3) is 0.520. The van der Waals surface area contributed by atoms with Crippen molar-refractivity contribution in [3.8, 4) is 5.69 Å². The number of nitrogens with zero attached hydrogens (tertiary/aromatic N) is 3. The van der Waals surface area contributed by atoms with Crippen LogP contribution in [0, 0.1) is 19.8 Å². The summed E-state index contributed by atoms with van der Waals surface area (Å²) in [4.78, 5) is 55.0. The fourth-order valence-corrected chi connectivity index (χ4v) is 3.63. The Labute approximate surface area is 212 Å². The molecule has 11 heteroatoms. The number of rotatable bonds is 12. The van der Waals surface area contributed by atoms with Crippen LogP contribution in [0.2, 0.25) is 1.41 Å². The number of amides is 2. The number of carbonyl (C=O) groups excluding carboxylic acids is 4. The molecule has 196 valence electrons. The number of aromatic nitrogens is 3. The van der Waals surface area contributed by atoms with Crippen LogP contribution in [-0.4, -0.2) is 63.8 Å². The number of hydrogen-bond acceptors (Lipinski definition) is 8. The summed E-state index contributed by atoms with van der Waals surface area (Å²) in [6, 6.07) is 1.16. The van der Waals surface area contributed by atoms with E-state index >= 15 is 0 Å². The first-order valence-electron chi connectivity index (χ1n) is 12.4. The van der Waals surface area contributed by atoms with E-state index in [9.17, 15) is 19.2 Å². The molecule has 2 N–H and O–H groups in total. The second-order valence-electron chi connectivity index (χ2n) is 8.45. The second kappa shape index (κ2) is 13.4. The van der Waals surface area contributed by atoms with Gasteiger partial charge < -0.3 is 20.1 Å². The SMILES string of the molecule is [2H]N(C(=O)c1c(C)nn(-c2cccnc2)c1C)[C@H](C(=O)N[C@@H](CCC(=O)OCC)C(=O)OCC)C(C)C. The van der Waals surface area contributed by atoms with Gasteiger partial charge in [0.05, 0.1) is 42.0 Å². The highest BCUT2D eigenvalue weighted by atomic mass is 16.5. The molecular formula is C25H35N5O6. The van der Waals surface area contributed by atoms with Crippen LogP contribution in [-0.2, 0) is 23.9 Å². The Morgan fingerprint density at radius 2 is 1.83 bits per heavy atom. The number of nitrogens with one attached hydrogen (secondary N) is 2. The number of carbonyl (C=O) groups is 4. The first-order chi connectivity index (χ1) is 17.5. The summed E-state index contributed by atoms with van der Waals surface area (Å²) in [7, 11) is 0. The van der Waals surface area contributed by atoms with Crippen LogP contribution >= 0.6 is 0 Å². The van der Waals surface area contributed by atoms with Crippen LogP contribution < -0.4 is 10.6 Å². The molecule has 2 amide bonds. The minimum Gasteiger partial charge on any atom is -0.466 e. The minimum absolute atomic E-state index is 0.0454. The Balaban J connectivity index is 2.28.